The molecular formula is C10H19NOS. The van der Waals surface area contributed by atoms with E-state index in [1.165, 1.54) is 24.5 Å². The summed E-state index contributed by atoms with van der Waals surface area (Å²) in [6, 6.07) is 0.706. The van der Waals surface area contributed by atoms with Gasteiger partial charge in [-0.1, -0.05) is 6.92 Å². The first-order valence-corrected chi connectivity index (χ1v) is 6.40. The van der Waals surface area contributed by atoms with Crippen molar-refractivity contribution >= 4 is 11.8 Å². The van der Waals surface area contributed by atoms with E-state index in [2.05, 4.69) is 24.0 Å². The average Bonchev–Trinajstić information content (AvgIpc) is 2.56. The zero-order valence-corrected chi connectivity index (χ0v) is 9.11. The van der Waals surface area contributed by atoms with Gasteiger partial charge in [0.05, 0.1) is 6.61 Å². The molecule has 2 rings (SSSR count). The number of nitrogens with one attached hydrogen (secondary N) is 1. The number of thioether (sulfide) groups is 1. The normalized spacial score (nSPS) is 41.8. The van der Waals surface area contributed by atoms with Crippen molar-refractivity contribution in [2.75, 3.05) is 31.3 Å². The third kappa shape index (κ3) is 2.61. The Bertz CT molecular complexity index is 159. The lowest BCUT2D eigenvalue weighted by molar-refractivity contribution is 0.178. The van der Waals surface area contributed by atoms with E-state index in [9.17, 15) is 0 Å². The first-order valence-electron chi connectivity index (χ1n) is 5.25. The van der Waals surface area contributed by atoms with Gasteiger partial charge in [0, 0.05) is 24.3 Å². The van der Waals surface area contributed by atoms with E-state index in [0.29, 0.717) is 6.04 Å². The van der Waals surface area contributed by atoms with Crippen molar-refractivity contribution in [1.29, 1.82) is 0 Å². The fourth-order valence-electron chi connectivity index (χ4n) is 2.04. The van der Waals surface area contributed by atoms with Gasteiger partial charge in [0.15, 0.2) is 0 Å². The lowest BCUT2D eigenvalue weighted by Crippen LogP contribution is -2.39. The number of hydrogen-bond acceptors (Lipinski definition) is 3. The van der Waals surface area contributed by atoms with Gasteiger partial charge >= 0.3 is 0 Å². The summed E-state index contributed by atoms with van der Waals surface area (Å²) >= 11 is 2.10. The Morgan fingerprint density at radius 1 is 1.38 bits per heavy atom. The summed E-state index contributed by atoms with van der Waals surface area (Å²) in [6.45, 7) is 5.47. The summed E-state index contributed by atoms with van der Waals surface area (Å²) in [7, 11) is 0. The van der Waals surface area contributed by atoms with Gasteiger partial charge in [0.25, 0.3) is 0 Å². The first kappa shape index (κ1) is 9.81. The maximum absolute atomic E-state index is 5.43. The van der Waals surface area contributed by atoms with E-state index in [-0.39, 0.29) is 0 Å². The third-order valence-electron chi connectivity index (χ3n) is 2.96. The van der Waals surface area contributed by atoms with Crippen LogP contribution >= 0.6 is 11.8 Å². The fourth-order valence-corrected chi connectivity index (χ4v) is 3.34. The van der Waals surface area contributed by atoms with Gasteiger partial charge in [-0.05, 0) is 24.6 Å². The predicted molar refractivity (Wildman–Crippen MR) is 57.2 cm³/mol. The highest BCUT2D eigenvalue weighted by Gasteiger charge is 2.27. The SMILES string of the molecule is CC1CNC(C2CCOC2)CSC1. The molecule has 13 heavy (non-hydrogen) atoms. The van der Waals surface area contributed by atoms with Crippen LogP contribution in [0, 0.1) is 11.8 Å². The van der Waals surface area contributed by atoms with Crippen LogP contribution in [-0.2, 0) is 4.74 Å². The molecule has 76 valence electrons. The van der Waals surface area contributed by atoms with E-state index in [0.717, 1.165) is 25.0 Å². The molecule has 0 spiro atoms. The van der Waals surface area contributed by atoms with Crippen molar-refractivity contribution in [3.05, 3.63) is 0 Å². The van der Waals surface area contributed by atoms with Gasteiger partial charge < -0.3 is 10.1 Å². The fraction of sp³-hybridized carbons (Fsp3) is 1.00. The average molecular weight is 201 g/mol. The lowest BCUT2D eigenvalue weighted by atomic mass is 10.0. The molecule has 3 heteroatoms. The van der Waals surface area contributed by atoms with Crippen molar-refractivity contribution in [3.8, 4) is 0 Å². The second-order valence-corrected chi connectivity index (χ2v) is 5.36. The lowest BCUT2D eigenvalue weighted by Gasteiger charge is -2.21. The van der Waals surface area contributed by atoms with Crippen LogP contribution in [0.15, 0.2) is 0 Å². The van der Waals surface area contributed by atoms with Crippen LogP contribution in [-0.4, -0.2) is 37.3 Å². The summed E-state index contributed by atoms with van der Waals surface area (Å²) in [5, 5.41) is 3.67. The molecule has 2 aliphatic rings. The van der Waals surface area contributed by atoms with Gasteiger partial charge in [-0.15, -0.1) is 0 Å². The summed E-state index contributed by atoms with van der Waals surface area (Å²) in [5.74, 6) is 4.20. The summed E-state index contributed by atoms with van der Waals surface area (Å²) < 4.78 is 5.43. The van der Waals surface area contributed by atoms with Crippen molar-refractivity contribution < 1.29 is 4.74 Å². The zero-order valence-electron chi connectivity index (χ0n) is 8.29. The van der Waals surface area contributed by atoms with E-state index >= 15 is 0 Å². The Hall–Kier alpha value is 0.270. The van der Waals surface area contributed by atoms with Crippen molar-refractivity contribution in [1.82, 2.24) is 5.32 Å². The smallest absolute Gasteiger partial charge is 0.0510 e. The minimum atomic E-state index is 0.706. The van der Waals surface area contributed by atoms with Gasteiger partial charge in [0.1, 0.15) is 0 Å². The van der Waals surface area contributed by atoms with Crippen molar-refractivity contribution in [2.45, 2.75) is 19.4 Å². The highest BCUT2D eigenvalue weighted by atomic mass is 32.2. The summed E-state index contributed by atoms with van der Waals surface area (Å²) in [4.78, 5) is 0. The van der Waals surface area contributed by atoms with Crippen LogP contribution in [0.3, 0.4) is 0 Å². The molecule has 0 aromatic carbocycles. The number of ether oxygens (including phenoxy) is 1. The van der Waals surface area contributed by atoms with E-state index in [1.807, 2.05) is 0 Å². The van der Waals surface area contributed by atoms with Gasteiger partial charge in [-0.25, -0.2) is 0 Å². The standard InChI is InChI=1S/C10H19NOS/c1-8-4-11-10(7-13-6-8)9-2-3-12-5-9/h8-11H,2-7H2,1H3. The minimum Gasteiger partial charge on any atom is -0.381 e. The molecule has 0 radical (unpaired) electrons. The van der Waals surface area contributed by atoms with Crippen LogP contribution < -0.4 is 5.32 Å². The molecule has 0 aliphatic carbocycles. The van der Waals surface area contributed by atoms with Gasteiger partial charge in [0.2, 0.25) is 0 Å². The van der Waals surface area contributed by atoms with Gasteiger partial charge in [-0.2, -0.15) is 11.8 Å². The third-order valence-corrected chi connectivity index (χ3v) is 4.36. The molecule has 2 saturated heterocycles. The van der Waals surface area contributed by atoms with Crippen LogP contribution in [0.25, 0.3) is 0 Å². The molecule has 2 aliphatic heterocycles. The summed E-state index contributed by atoms with van der Waals surface area (Å²) in [5.41, 5.74) is 0. The molecule has 2 nitrogen and oxygen atoms in total. The minimum absolute atomic E-state index is 0.706. The van der Waals surface area contributed by atoms with E-state index in [1.54, 1.807) is 0 Å². The Labute approximate surface area is 84.8 Å². The molecule has 2 heterocycles. The molecule has 0 aromatic heterocycles. The largest absolute Gasteiger partial charge is 0.381 e. The highest BCUT2D eigenvalue weighted by Crippen LogP contribution is 2.23. The molecule has 1 N–H and O–H groups in total. The monoisotopic (exact) mass is 201 g/mol. The molecule has 3 unspecified atom stereocenters. The Kier molecular flexibility index (Phi) is 3.52. The maximum Gasteiger partial charge on any atom is 0.0510 e. The number of hydrogen-bond donors (Lipinski definition) is 1. The van der Waals surface area contributed by atoms with E-state index < -0.39 is 0 Å². The summed E-state index contributed by atoms with van der Waals surface area (Å²) in [6.07, 6.45) is 1.26. The van der Waals surface area contributed by atoms with Gasteiger partial charge in [-0.3, -0.25) is 0 Å². The van der Waals surface area contributed by atoms with Crippen LogP contribution in [0.2, 0.25) is 0 Å². The molecule has 2 fully saturated rings. The molecular weight excluding hydrogens is 182 g/mol. The zero-order chi connectivity index (χ0) is 9.10. The second kappa shape index (κ2) is 4.67. The molecule has 0 amide bonds. The Balaban J connectivity index is 1.84. The van der Waals surface area contributed by atoms with Crippen LogP contribution in [0.5, 0.6) is 0 Å². The van der Waals surface area contributed by atoms with Crippen LogP contribution in [0.4, 0.5) is 0 Å². The first-order chi connectivity index (χ1) is 6.36. The van der Waals surface area contributed by atoms with Crippen molar-refractivity contribution in [2.24, 2.45) is 11.8 Å². The maximum atomic E-state index is 5.43. The molecule has 0 aromatic rings. The molecule has 0 bridgehead atoms. The Morgan fingerprint density at radius 2 is 2.31 bits per heavy atom. The Morgan fingerprint density at radius 3 is 3.08 bits per heavy atom. The molecule has 3 atom stereocenters. The number of rotatable bonds is 1. The highest BCUT2D eigenvalue weighted by molar-refractivity contribution is 7.99. The van der Waals surface area contributed by atoms with Crippen LogP contribution in [0.1, 0.15) is 13.3 Å². The van der Waals surface area contributed by atoms with E-state index in [4.69, 9.17) is 4.74 Å². The second-order valence-electron chi connectivity index (χ2n) is 4.28. The topological polar surface area (TPSA) is 21.3 Å². The van der Waals surface area contributed by atoms with Crippen molar-refractivity contribution in [3.63, 3.8) is 0 Å². The molecule has 0 saturated carbocycles. The predicted octanol–water partition coefficient (Wildman–Crippen LogP) is 1.36. The quantitative estimate of drug-likeness (QED) is 0.692.